The Bertz CT molecular complexity index is 824. The average molecular weight is 414 g/mol. The quantitative estimate of drug-likeness (QED) is 0.791. The Morgan fingerprint density at radius 2 is 1.83 bits per heavy atom. The predicted molar refractivity (Wildman–Crippen MR) is 116 cm³/mol. The van der Waals surface area contributed by atoms with E-state index in [0.717, 1.165) is 24.9 Å². The highest BCUT2D eigenvalue weighted by molar-refractivity contribution is 6.30. The van der Waals surface area contributed by atoms with Gasteiger partial charge in [0.05, 0.1) is 0 Å². The van der Waals surface area contributed by atoms with Crippen molar-refractivity contribution >= 4 is 23.4 Å². The summed E-state index contributed by atoms with van der Waals surface area (Å²) in [5, 5.41) is 3.53. The van der Waals surface area contributed by atoms with Gasteiger partial charge in [0.25, 0.3) is 5.91 Å². The number of hydrogen-bond donors (Lipinski definition) is 1. The zero-order valence-corrected chi connectivity index (χ0v) is 17.7. The fourth-order valence-corrected chi connectivity index (χ4v) is 3.82. The van der Waals surface area contributed by atoms with Crippen LogP contribution in [0.3, 0.4) is 0 Å². The summed E-state index contributed by atoms with van der Waals surface area (Å²) in [6.07, 6.45) is 2.51. The van der Waals surface area contributed by atoms with Gasteiger partial charge in [-0.05, 0) is 56.8 Å². The lowest BCUT2D eigenvalue weighted by Gasteiger charge is -2.37. The second-order valence-electron chi connectivity index (χ2n) is 7.77. The third-order valence-corrected chi connectivity index (χ3v) is 5.68. The van der Waals surface area contributed by atoms with Crippen molar-refractivity contribution in [2.75, 3.05) is 27.2 Å². The molecule has 2 aromatic carbocycles. The van der Waals surface area contributed by atoms with Gasteiger partial charge in [0, 0.05) is 36.1 Å². The van der Waals surface area contributed by atoms with Crippen molar-refractivity contribution in [3.63, 3.8) is 0 Å². The van der Waals surface area contributed by atoms with Crippen LogP contribution < -0.4 is 5.32 Å². The minimum absolute atomic E-state index is 0.0253. The van der Waals surface area contributed by atoms with Gasteiger partial charge >= 0.3 is 0 Å². The van der Waals surface area contributed by atoms with Gasteiger partial charge in [-0.2, -0.15) is 0 Å². The Labute approximate surface area is 177 Å². The molecular formula is C23H28ClN3O2. The van der Waals surface area contributed by atoms with Crippen molar-refractivity contribution in [1.29, 1.82) is 0 Å². The summed E-state index contributed by atoms with van der Waals surface area (Å²) in [6.45, 7) is 1.42. The van der Waals surface area contributed by atoms with E-state index in [0.29, 0.717) is 29.6 Å². The molecule has 1 heterocycles. The Balaban J connectivity index is 1.77. The van der Waals surface area contributed by atoms with Crippen molar-refractivity contribution in [3.05, 3.63) is 70.7 Å². The summed E-state index contributed by atoms with van der Waals surface area (Å²) in [4.78, 5) is 30.2. The van der Waals surface area contributed by atoms with Gasteiger partial charge in [-0.1, -0.05) is 41.9 Å². The van der Waals surface area contributed by atoms with Crippen LogP contribution in [0.15, 0.2) is 54.6 Å². The smallest absolute Gasteiger partial charge is 0.251 e. The van der Waals surface area contributed by atoms with E-state index in [9.17, 15) is 9.59 Å². The second kappa shape index (κ2) is 9.90. The number of likely N-dealkylation sites (tertiary alicyclic amines) is 1. The van der Waals surface area contributed by atoms with Crippen molar-refractivity contribution in [2.45, 2.75) is 31.3 Å². The van der Waals surface area contributed by atoms with E-state index in [2.05, 4.69) is 10.2 Å². The van der Waals surface area contributed by atoms with Crippen LogP contribution in [-0.2, 0) is 11.2 Å². The molecule has 2 aromatic rings. The number of nitrogens with one attached hydrogen (secondary N) is 1. The molecule has 0 radical (unpaired) electrons. The summed E-state index contributed by atoms with van der Waals surface area (Å²) >= 11 is 5.92. The van der Waals surface area contributed by atoms with Crippen LogP contribution in [0.25, 0.3) is 0 Å². The predicted octanol–water partition coefficient (Wildman–Crippen LogP) is 3.23. The standard InChI is InChI=1S/C23H28ClN3O2/c1-26(2)20-9-6-14-27(16-20)23(29)21(15-17-7-4-3-5-8-17)25-22(28)18-10-12-19(24)13-11-18/h3-5,7-8,10-13,20-21H,6,9,14-16H2,1-2H3,(H,25,28). The van der Waals surface area contributed by atoms with E-state index in [4.69, 9.17) is 11.6 Å². The van der Waals surface area contributed by atoms with Crippen molar-refractivity contribution in [2.24, 2.45) is 0 Å². The molecule has 1 aliphatic rings. The number of nitrogens with zero attached hydrogens (tertiary/aromatic N) is 2. The molecule has 0 bridgehead atoms. The molecule has 2 atom stereocenters. The van der Waals surface area contributed by atoms with E-state index < -0.39 is 6.04 Å². The van der Waals surface area contributed by atoms with E-state index in [1.165, 1.54) is 0 Å². The fourth-order valence-electron chi connectivity index (χ4n) is 3.69. The zero-order valence-electron chi connectivity index (χ0n) is 17.0. The molecule has 6 heteroatoms. The Hall–Kier alpha value is -2.37. The monoisotopic (exact) mass is 413 g/mol. The number of benzene rings is 2. The van der Waals surface area contributed by atoms with Gasteiger partial charge in [0.2, 0.25) is 5.91 Å². The molecule has 154 valence electrons. The Kier molecular flexibility index (Phi) is 7.29. The molecule has 0 aromatic heterocycles. The molecule has 0 saturated carbocycles. The second-order valence-corrected chi connectivity index (χ2v) is 8.20. The minimum Gasteiger partial charge on any atom is -0.340 e. The van der Waals surface area contributed by atoms with Gasteiger partial charge < -0.3 is 15.1 Å². The molecule has 0 aliphatic carbocycles. The van der Waals surface area contributed by atoms with E-state index in [1.54, 1.807) is 24.3 Å². The maximum Gasteiger partial charge on any atom is 0.251 e. The first-order valence-corrected chi connectivity index (χ1v) is 10.4. The molecule has 5 nitrogen and oxygen atoms in total. The average Bonchev–Trinajstić information content (AvgIpc) is 2.74. The number of amides is 2. The Morgan fingerprint density at radius 1 is 1.14 bits per heavy atom. The maximum atomic E-state index is 13.4. The molecule has 2 amide bonds. The summed E-state index contributed by atoms with van der Waals surface area (Å²) in [5.41, 5.74) is 1.51. The summed E-state index contributed by atoms with van der Waals surface area (Å²) < 4.78 is 0. The molecule has 29 heavy (non-hydrogen) atoms. The SMILES string of the molecule is CN(C)C1CCCN(C(=O)C(Cc2ccccc2)NC(=O)c2ccc(Cl)cc2)C1. The number of rotatable bonds is 6. The first-order valence-electron chi connectivity index (χ1n) is 9.99. The number of carbonyl (C=O) groups is 2. The molecule has 1 N–H and O–H groups in total. The highest BCUT2D eigenvalue weighted by Gasteiger charge is 2.31. The molecule has 1 saturated heterocycles. The van der Waals surface area contributed by atoms with Crippen molar-refractivity contribution in [3.8, 4) is 0 Å². The van der Waals surface area contributed by atoms with Crippen LogP contribution in [0, 0.1) is 0 Å². The Morgan fingerprint density at radius 3 is 2.48 bits per heavy atom. The first-order chi connectivity index (χ1) is 13.9. The number of halogens is 1. The van der Waals surface area contributed by atoms with Gasteiger partial charge in [0.1, 0.15) is 6.04 Å². The van der Waals surface area contributed by atoms with E-state index >= 15 is 0 Å². The minimum atomic E-state index is -0.610. The van der Waals surface area contributed by atoms with Crippen LogP contribution in [0.4, 0.5) is 0 Å². The number of likely N-dealkylation sites (N-methyl/N-ethyl adjacent to an activating group) is 1. The number of piperidine rings is 1. The van der Waals surface area contributed by atoms with Gasteiger partial charge in [0.15, 0.2) is 0 Å². The van der Waals surface area contributed by atoms with E-state index in [-0.39, 0.29) is 11.8 Å². The zero-order chi connectivity index (χ0) is 20.8. The largest absolute Gasteiger partial charge is 0.340 e. The van der Waals surface area contributed by atoms with Crippen LogP contribution in [0.5, 0.6) is 0 Å². The molecule has 1 fully saturated rings. The summed E-state index contributed by atoms with van der Waals surface area (Å²) in [5.74, 6) is -0.292. The van der Waals surface area contributed by atoms with Crippen LogP contribution in [-0.4, -0.2) is 60.9 Å². The molecule has 3 rings (SSSR count). The fraction of sp³-hybridized carbons (Fsp3) is 0.391. The number of carbonyl (C=O) groups excluding carboxylic acids is 2. The van der Waals surface area contributed by atoms with Crippen LogP contribution >= 0.6 is 11.6 Å². The van der Waals surface area contributed by atoms with Crippen molar-refractivity contribution < 1.29 is 9.59 Å². The van der Waals surface area contributed by atoms with Gasteiger partial charge in [-0.25, -0.2) is 0 Å². The summed E-state index contributed by atoms with van der Waals surface area (Å²) in [6, 6.07) is 16.2. The highest BCUT2D eigenvalue weighted by atomic mass is 35.5. The van der Waals surface area contributed by atoms with Crippen LogP contribution in [0.2, 0.25) is 5.02 Å². The molecular weight excluding hydrogens is 386 g/mol. The lowest BCUT2D eigenvalue weighted by atomic mass is 10.0. The lowest BCUT2D eigenvalue weighted by molar-refractivity contribution is -0.135. The topological polar surface area (TPSA) is 52.6 Å². The van der Waals surface area contributed by atoms with Gasteiger partial charge in [-0.15, -0.1) is 0 Å². The van der Waals surface area contributed by atoms with E-state index in [1.807, 2.05) is 49.3 Å². The number of hydrogen-bond acceptors (Lipinski definition) is 3. The third-order valence-electron chi connectivity index (χ3n) is 5.43. The lowest BCUT2D eigenvalue weighted by Crippen LogP contribution is -2.54. The van der Waals surface area contributed by atoms with Gasteiger partial charge in [-0.3, -0.25) is 9.59 Å². The maximum absolute atomic E-state index is 13.4. The summed E-state index contributed by atoms with van der Waals surface area (Å²) in [7, 11) is 4.09. The first kappa shape index (κ1) is 21.3. The molecule has 2 unspecified atom stereocenters. The van der Waals surface area contributed by atoms with Crippen LogP contribution in [0.1, 0.15) is 28.8 Å². The third kappa shape index (κ3) is 5.81. The molecule has 0 spiro atoms. The van der Waals surface area contributed by atoms with Crippen molar-refractivity contribution in [1.82, 2.24) is 15.1 Å². The molecule has 1 aliphatic heterocycles. The highest BCUT2D eigenvalue weighted by Crippen LogP contribution is 2.17. The normalized spacial score (nSPS) is 17.8.